The Balaban J connectivity index is 1.81. The van der Waals surface area contributed by atoms with Crippen LogP contribution >= 0.6 is 0 Å². The minimum Gasteiger partial charge on any atom is -0.356 e. The van der Waals surface area contributed by atoms with Gasteiger partial charge < -0.3 is 9.88 Å². The highest BCUT2D eigenvalue weighted by molar-refractivity contribution is 5.94. The topological polar surface area (TPSA) is 53.2 Å². The van der Waals surface area contributed by atoms with Gasteiger partial charge in [-0.1, -0.05) is 24.3 Å². The minimum absolute atomic E-state index is 0.0531. The van der Waals surface area contributed by atoms with Crippen molar-refractivity contribution in [3.8, 4) is 0 Å². The van der Waals surface area contributed by atoms with Crippen LogP contribution in [0.1, 0.15) is 32.0 Å². The average Bonchev–Trinajstić information content (AvgIpc) is 2.95. The molecule has 19 heavy (non-hydrogen) atoms. The summed E-state index contributed by atoms with van der Waals surface area (Å²) in [6, 6.07) is 9.77. The highest BCUT2D eigenvalue weighted by atomic mass is 16.2. The first-order valence-electron chi connectivity index (χ1n) is 6.27. The van der Waals surface area contributed by atoms with Gasteiger partial charge >= 0.3 is 0 Å². The molecule has 1 aromatic carbocycles. The number of hydrogen-bond acceptors (Lipinski definition) is 2. The number of benzene rings is 1. The highest BCUT2D eigenvalue weighted by Crippen LogP contribution is 2.20. The van der Waals surface area contributed by atoms with Crippen LogP contribution in [0.25, 0.3) is 0 Å². The first-order valence-corrected chi connectivity index (χ1v) is 6.27. The molecule has 0 atom stereocenters. The summed E-state index contributed by atoms with van der Waals surface area (Å²) in [5, 5.41) is 0. The van der Waals surface area contributed by atoms with Crippen LogP contribution in [0.2, 0.25) is 0 Å². The monoisotopic (exact) mass is 254 g/mol. The lowest BCUT2D eigenvalue weighted by atomic mass is 10.00. The molecule has 2 heterocycles. The van der Waals surface area contributed by atoms with Crippen LogP contribution < -0.4 is 0 Å². The van der Waals surface area contributed by atoms with Crippen molar-refractivity contribution >= 4 is 12.2 Å². The molecule has 4 nitrogen and oxygen atoms in total. The summed E-state index contributed by atoms with van der Waals surface area (Å²) in [5.41, 5.74) is 3.48. The van der Waals surface area contributed by atoms with Crippen molar-refractivity contribution in [3.63, 3.8) is 0 Å². The smallest absolute Gasteiger partial charge is 0.270 e. The first-order chi connectivity index (χ1) is 9.28. The Labute approximate surface area is 111 Å². The van der Waals surface area contributed by atoms with Crippen molar-refractivity contribution in [1.29, 1.82) is 0 Å². The van der Waals surface area contributed by atoms with Gasteiger partial charge in [-0.05, 0) is 23.6 Å². The Bertz CT molecular complexity index is 631. The van der Waals surface area contributed by atoms with Gasteiger partial charge in [0, 0.05) is 24.8 Å². The SMILES string of the molecule is O=Cc1c[nH]c(C(=O)N2CCc3ccccc3C2)c1. The van der Waals surface area contributed by atoms with Crippen LogP contribution in [0.5, 0.6) is 0 Å². The molecular formula is C15H14N2O2. The second-order valence-corrected chi connectivity index (χ2v) is 4.71. The Morgan fingerprint density at radius 3 is 2.79 bits per heavy atom. The molecule has 0 fully saturated rings. The zero-order chi connectivity index (χ0) is 13.2. The number of nitrogens with one attached hydrogen (secondary N) is 1. The first kappa shape index (κ1) is 11.7. The molecule has 1 amide bonds. The van der Waals surface area contributed by atoms with E-state index in [9.17, 15) is 9.59 Å². The number of fused-ring (bicyclic) bond motifs is 1. The Hall–Kier alpha value is -2.36. The summed E-state index contributed by atoms with van der Waals surface area (Å²) in [7, 11) is 0. The van der Waals surface area contributed by atoms with Gasteiger partial charge in [-0.3, -0.25) is 9.59 Å². The minimum atomic E-state index is -0.0531. The van der Waals surface area contributed by atoms with Crippen LogP contribution in [0.15, 0.2) is 36.5 Å². The zero-order valence-electron chi connectivity index (χ0n) is 10.4. The van der Waals surface area contributed by atoms with Crippen molar-refractivity contribution in [3.05, 3.63) is 58.9 Å². The predicted octanol–water partition coefficient (Wildman–Crippen LogP) is 2.03. The van der Waals surface area contributed by atoms with E-state index >= 15 is 0 Å². The van der Waals surface area contributed by atoms with Crippen LogP contribution in [0.4, 0.5) is 0 Å². The number of hydrogen-bond donors (Lipinski definition) is 1. The molecule has 0 radical (unpaired) electrons. The lowest BCUT2D eigenvalue weighted by molar-refractivity contribution is 0.0729. The third kappa shape index (κ3) is 2.17. The van der Waals surface area contributed by atoms with E-state index in [2.05, 4.69) is 17.1 Å². The van der Waals surface area contributed by atoms with Crippen LogP contribution in [0, 0.1) is 0 Å². The normalized spacial score (nSPS) is 14.0. The number of H-pyrrole nitrogens is 1. The standard InChI is InChI=1S/C15H14N2O2/c18-10-11-7-14(16-8-11)15(19)17-6-5-12-3-1-2-4-13(12)9-17/h1-4,7-8,10,16H,5-6,9H2. The number of aldehydes is 1. The fraction of sp³-hybridized carbons (Fsp3) is 0.200. The maximum absolute atomic E-state index is 12.3. The molecule has 0 saturated heterocycles. The van der Waals surface area contributed by atoms with Crippen molar-refractivity contribution in [2.75, 3.05) is 6.54 Å². The van der Waals surface area contributed by atoms with Crippen molar-refractivity contribution in [1.82, 2.24) is 9.88 Å². The molecule has 1 N–H and O–H groups in total. The Kier molecular flexibility index (Phi) is 2.91. The molecule has 4 heteroatoms. The maximum Gasteiger partial charge on any atom is 0.270 e. The molecule has 1 aliphatic rings. The molecule has 2 aromatic rings. The number of aromatic nitrogens is 1. The number of carbonyl (C=O) groups is 2. The van der Waals surface area contributed by atoms with E-state index in [0.29, 0.717) is 24.3 Å². The molecule has 0 unspecified atom stereocenters. The van der Waals surface area contributed by atoms with Crippen LogP contribution in [-0.4, -0.2) is 28.6 Å². The van der Waals surface area contributed by atoms with E-state index in [1.54, 1.807) is 12.3 Å². The Morgan fingerprint density at radius 1 is 1.26 bits per heavy atom. The zero-order valence-corrected chi connectivity index (χ0v) is 10.4. The molecule has 0 aliphatic carbocycles. The quantitative estimate of drug-likeness (QED) is 0.834. The van der Waals surface area contributed by atoms with Gasteiger partial charge in [-0.15, -0.1) is 0 Å². The van der Waals surface area contributed by atoms with Crippen LogP contribution in [0.3, 0.4) is 0 Å². The number of nitrogens with zero attached hydrogens (tertiary/aromatic N) is 1. The second kappa shape index (κ2) is 4.72. The number of carbonyl (C=O) groups excluding carboxylic acids is 2. The summed E-state index contributed by atoms with van der Waals surface area (Å²) >= 11 is 0. The van der Waals surface area contributed by atoms with E-state index in [1.807, 2.05) is 17.0 Å². The van der Waals surface area contributed by atoms with Crippen molar-refractivity contribution < 1.29 is 9.59 Å². The Morgan fingerprint density at radius 2 is 2.05 bits per heavy atom. The lowest BCUT2D eigenvalue weighted by Gasteiger charge is -2.28. The van der Waals surface area contributed by atoms with Crippen molar-refractivity contribution in [2.24, 2.45) is 0 Å². The van der Waals surface area contributed by atoms with E-state index in [0.717, 1.165) is 12.7 Å². The van der Waals surface area contributed by atoms with Gasteiger partial charge in [0.1, 0.15) is 5.69 Å². The summed E-state index contributed by atoms with van der Waals surface area (Å²) in [4.78, 5) is 27.6. The van der Waals surface area contributed by atoms with Gasteiger partial charge in [0.2, 0.25) is 0 Å². The van der Waals surface area contributed by atoms with Gasteiger partial charge in [0.05, 0.1) is 0 Å². The molecule has 1 aliphatic heterocycles. The van der Waals surface area contributed by atoms with Gasteiger partial charge in [-0.2, -0.15) is 0 Å². The highest BCUT2D eigenvalue weighted by Gasteiger charge is 2.22. The average molecular weight is 254 g/mol. The van der Waals surface area contributed by atoms with Crippen LogP contribution in [-0.2, 0) is 13.0 Å². The largest absolute Gasteiger partial charge is 0.356 e. The summed E-state index contributed by atoms with van der Waals surface area (Å²) < 4.78 is 0. The second-order valence-electron chi connectivity index (χ2n) is 4.71. The molecule has 3 rings (SSSR count). The molecule has 1 aromatic heterocycles. The number of aromatic amines is 1. The predicted molar refractivity (Wildman–Crippen MR) is 71.1 cm³/mol. The van der Waals surface area contributed by atoms with Gasteiger partial charge in [0.25, 0.3) is 5.91 Å². The molecule has 96 valence electrons. The third-order valence-corrected chi connectivity index (χ3v) is 3.49. The molecular weight excluding hydrogens is 240 g/mol. The summed E-state index contributed by atoms with van der Waals surface area (Å²) in [6.07, 6.45) is 3.17. The molecule has 0 spiro atoms. The van der Waals surface area contributed by atoms with E-state index < -0.39 is 0 Å². The van der Waals surface area contributed by atoms with E-state index in [4.69, 9.17) is 0 Å². The summed E-state index contributed by atoms with van der Waals surface area (Å²) in [5.74, 6) is -0.0531. The fourth-order valence-corrected chi connectivity index (χ4v) is 2.44. The molecule has 0 bridgehead atoms. The van der Waals surface area contributed by atoms with Gasteiger partial charge in [-0.25, -0.2) is 0 Å². The number of rotatable bonds is 2. The number of amides is 1. The fourth-order valence-electron chi connectivity index (χ4n) is 2.44. The lowest BCUT2D eigenvalue weighted by Crippen LogP contribution is -2.36. The van der Waals surface area contributed by atoms with E-state index in [1.165, 1.54) is 11.1 Å². The summed E-state index contributed by atoms with van der Waals surface area (Å²) in [6.45, 7) is 1.34. The van der Waals surface area contributed by atoms with Gasteiger partial charge in [0.15, 0.2) is 6.29 Å². The third-order valence-electron chi connectivity index (χ3n) is 3.49. The maximum atomic E-state index is 12.3. The van der Waals surface area contributed by atoms with Crippen molar-refractivity contribution in [2.45, 2.75) is 13.0 Å². The molecule has 0 saturated carbocycles. The van der Waals surface area contributed by atoms with E-state index in [-0.39, 0.29) is 5.91 Å².